The number of hydrogen-bond donors (Lipinski definition) is 3. The van der Waals surface area contributed by atoms with E-state index < -0.39 is 0 Å². The van der Waals surface area contributed by atoms with Gasteiger partial charge in [-0.05, 0) is 12.8 Å². The summed E-state index contributed by atoms with van der Waals surface area (Å²) in [6.45, 7) is 1.84. The van der Waals surface area contributed by atoms with Gasteiger partial charge in [0.15, 0.2) is 0 Å². The third kappa shape index (κ3) is 4.13. The van der Waals surface area contributed by atoms with Crippen molar-refractivity contribution < 1.29 is 0 Å². The molecule has 2 heterocycles. The van der Waals surface area contributed by atoms with E-state index in [0.29, 0.717) is 5.82 Å². The molecule has 0 aliphatic rings. The molecule has 7 heteroatoms. The molecule has 0 saturated heterocycles. The summed E-state index contributed by atoms with van der Waals surface area (Å²) >= 11 is 0. The van der Waals surface area contributed by atoms with Crippen molar-refractivity contribution in [3.05, 3.63) is 24.8 Å². The first-order valence-corrected chi connectivity index (χ1v) is 6.30. The van der Waals surface area contributed by atoms with Crippen LogP contribution in [-0.4, -0.2) is 33.1 Å². The molecule has 2 aromatic rings. The van der Waals surface area contributed by atoms with E-state index in [1.165, 1.54) is 0 Å². The van der Waals surface area contributed by atoms with Gasteiger partial charge in [0.25, 0.3) is 0 Å². The molecule has 102 valence electrons. The van der Waals surface area contributed by atoms with Crippen molar-refractivity contribution in [2.45, 2.75) is 19.4 Å². The molecule has 0 amide bonds. The first-order chi connectivity index (χ1) is 9.28. The van der Waals surface area contributed by atoms with Crippen LogP contribution in [0.1, 0.15) is 12.8 Å². The van der Waals surface area contributed by atoms with Crippen LogP contribution >= 0.6 is 0 Å². The molecule has 7 nitrogen and oxygen atoms in total. The van der Waals surface area contributed by atoms with E-state index in [9.17, 15) is 0 Å². The van der Waals surface area contributed by atoms with Gasteiger partial charge in [0.1, 0.15) is 11.6 Å². The van der Waals surface area contributed by atoms with Crippen LogP contribution in [-0.2, 0) is 6.54 Å². The zero-order chi connectivity index (χ0) is 13.5. The Morgan fingerprint density at radius 2 is 2.11 bits per heavy atom. The lowest BCUT2D eigenvalue weighted by Gasteiger charge is -2.08. The van der Waals surface area contributed by atoms with Crippen LogP contribution in [0.4, 0.5) is 17.6 Å². The number of nitrogen functional groups attached to an aromatic ring is 1. The number of hydrogen-bond acceptors (Lipinski definition) is 6. The van der Waals surface area contributed by atoms with Crippen LogP contribution in [0, 0.1) is 0 Å². The first-order valence-electron chi connectivity index (χ1n) is 6.30. The largest absolute Gasteiger partial charge is 0.373 e. The van der Waals surface area contributed by atoms with Crippen LogP contribution in [0.5, 0.6) is 0 Å². The highest BCUT2D eigenvalue weighted by molar-refractivity contribution is 5.50. The van der Waals surface area contributed by atoms with E-state index in [0.717, 1.165) is 31.7 Å². The van der Waals surface area contributed by atoms with Gasteiger partial charge in [0, 0.05) is 38.6 Å². The molecule has 2 rings (SSSR count). The molecule has 19 heavy (non-hydrogen) atoms. The lowest BCUT2D eigenvalue weighted by Crippen LogP contribution is -2.08. The quantitative estimate of drug-likeness (QED) is 0.648. The zero-order valence-corrected chi connectivity index (χ0v) is 11.0. The SMILES string of the molecule is CNc1cc(NCCCCn2ccnc2)nc(N)n1. The van der Waals surface area contributed by atoms with Gasteiger partial charge in [-0.1, -0.05) is 0 Å². The standard InChI is InChI=1S/C12H19N7/c1-14-10-8-11(18-12(13)17-10)16-4-2-3-6-19-7-5-15-9-19/h5,7-9H,2-4,6H2,1H3,(H4,13,14,16,17,18). The van der Waals surface area contributed by atoms with Crippen LogP contribution in [0.2, 0.25) is 0 Å². The van der Waals surface area contributed by atoms with Crippen molar-refractivity contribution in [2.24, 2.45) is 0 Å². The average molecular weight is 261 g/mol. The highest BCUT2D eigenvalue weighted by Gasteiger charge is 2.00. The summed E-state index contributed by atoms with van der Waals surface area (Å²) in [6, 6.07) is 1.84. The van der Waals surface area contributed by atoms with Crippen molar-refractivity contribution in [2.75, 3.05) is 30.0 Å². The van der Waals surface area contributed by atoms with E-state index >= 15 is 0 Å². The summed E-state index contributed by atoms with van der Waals surface area (Å²) < 4.78 is 2.07. The van der Waals surface area contributed by atoms with Gasteiger partial charge >= 0.3 is 0 Å². The van der Waals surface area contributed by atoms with E-state index in [1.807, 2.05) is 18.6 Å². The fourth-order valence-electron chi connectivity index (χ4n) is 1.74. The van der Waals surface area contributed by atoms with E-state index in [4.69, 9.17) is 5.73 Å². The number of nitrogens with two attached hydrogens (primary N) is 1. The minimum atomic E-state index is 0.271. The second-order valence-corrected chi connectivity index (χ2v) is 4.18. The van der Waals surface area contributed by atoms with E-state index in [1.54, 1.807) is 13.2 Å². The summed E-state index contributed by atoms with van der Waals surface area (Å²) in [5.74, 6) is 1.74. The van der Waals surface area contributed by atoms with Gasteiger partial charge in [-0.15, -0.1) is 0 Å². The van der Waals surface area contributed by atoms with E-state index in [-0.39, 0.29) is 5.95 Å². The normalized spacial score (nSPS) is 10.4. The van der Waals surface area contributed by atoms with E-state index in [2.05, 4.69) is 30.2 Å². The maximum atomic E-state index is 5.62. The van der Waals surface area contributed by atoms with Crippen molar-refractivity contribution in [3.63, 3.8) is 0 Å². The predicted molar refractivity (Wildman–Crippen MR) is 75.9 cm³/mol. The Morgan fingerprint density at radius 1 is 1.26 bits per heavy atom. The molecule has 0 saturated carbocycles. The first kappa shape index (κ1) is 13.1. The molecule has 0 unspecified atom stereocenters. The monoisotopic (exact) mass is 261 g/mol. The smallest absolute Gasteiger partial charge is 0.223 e. The van der Waals surface area contributed by atoms with Gasteiger partial charge in [-0.2, -0.15) is 9.97 Å². The molecule has 0 aliphatic heterocycles. The number of rotatable bonds is 7. The van der Waals surface area contributed by atoms with Crippen molar-refractivity contribution in [1.29, 1.82) is 0 Å². The fourth-order valence-corrected chi connectivity index (χ4v) is 1.74. The molecular weight excluding hydrogens is 242 g/mol. The molecule has 0 aliphatic carbocycles. The number of anilines is 3. The Labute approximate surface area is 112 Å². The zero-order valence-electron chi connectivity index (χ0n) is 11.0. The summed E-state index contributed by atoms with van der Waals surface area (Å²) in [7, 11) is 1.80. The minimum Gasteiger partial charge on any atom is -0.373 e. The van der Waals surface area contributed by atoms with Crippen molar-refractivity contribution in [1.82, 2.24) is 19.5 Å². The molecule has 2 aromatic heterocycles. The Hall–Kier alpha value is -2.31. The molecule has 0 aromatic carbocycles. The maximum absolute atomic E-state index is 5.62. The number of nitrogens with zero attached hydrogens (tertiary/aromatic N) is 4. The molecule has 0 spiro atoms. The molecule has 0 radical (unpaired) electrons. The molecule has 4 N–H and O–H groups in total. The van der Waals surface area contributed by atoms with Crippen LogP contribution in [0.25, 0.3) is 0 Å². The number of aryl methyl sites for hydroxylation is 1. The van der Waals surface area contributed by atoms with Gasteiger partial charge in [-0.3, -0.25) is 0 Å². The van der Waals surface area contributed by atoms with Crippen LogP contribution in [0.15, 0.2) is 24.8 Å². The summed E-state index contributed by atoms with van der Waals surface area (Å²) in [5.41, 5.74) is 5.62. The second-order valence-electron chi connectivity index (χ2n) is 4.18. The van der Waals surface area contributed by atoms with Crippen LogP contribution < -0.4 is 16.4 Å². The van der Waals surface area contributed by atoms with Crippen molar-refractivity contribution >= 4 is 17.6 Å². The molecule has 0 bridgehead atoms. The second kappa shape index (κ2) is 6.58. The predicted octanol–water partition coefficient (Wildman–Crippen LogP) is 1.19. The maximum Gasteiger partial charge on any atom is 0.223 e. The van der Waals surface area contributed by atoms with Gasteiger partial charge in [0.2, 0.25) is 5.95 Å². The van der Waals surface area contributed by atoms with Gasteiger partial charge < -0.3 is 20.9 Å². The Balaban J connectivity index is 1.72. The Bertz CT molecular complexity index is 495. The number of aromatic nitrogens is 4. The topological polar surface area (TPSA) is 93.7 Å². The van der Waals surface area contributed by atoms with Gasteiger partial charge in [0.05, 0.1) is 6.33 Å². The Kier molecular flexibility index (Phi) is 4.54. The molecule has 0 fully saturated rings. The highest BCUT2D eigenvalue weighted by atomic mass is 15.1. The summed E-state index contributed by atoms with van der Waals surface area (Å²) in [5, 5.41) is 6.19. The minimum absolute atomic E-state index is 0.271. The third-order valence-electron chi connectivity index (χ3n) is 2.71. The van der Waals surface area contributed by atoms with Crippen molar-refractivity contribution in [3.8, 4) is 0 Å². The fraction of sp³-hybridized carbons (Fsp3) is 0.417. The highest BCUT2D eigenvalue weighted by Crippen LogP contribution is 2.11. The average Bonchev–Trinajstić information content (AvgIpc) is 2.91. The lowest BCUT2D eigenvalue weighted by atomic mass is 10.3. The number of unbranched alkanes of at least 4 members (excludes halogenated alkanes) is 1. The molecular formula is C12H19N7. The van der Waals surface area contributed by atoms with Gasteiger partial charge in [-0.25, -0.2) is 4.98 Å². The number of imidazole rings is 1. The lowest BCUT2D eigenvalue weighted by molar-refractivity contribution is 0.620. The van der Waals surface area contributed by atoms with Crippen LogP contribution in [0.3, 0.4) is 0 Å². The third-order valence-corrected chi connectivity index (χ3v) is 2.71. The summed E-state index contributed by atoms with van der Waals surface area (Å²) in [6.07, 6.45) is 7.73. The summed E-state index contributed by atoms with van der Waals surface area (Å²) in [4.78, 5) is 12.2. The number of nitrogens with one attached hydrogen (secondary N) is 2. The Morgan fingerprint density at radius 3 is 2.84 bits per heavy atom. The molecule has 0 atom stereocenters.